The molecule has 0 atom stereocenters. The van der Waals surface area contributed by atoms with Gasteiger partial charge in [0.2, 0.25) is 0 Å². The molecule has 9 heteroatoms. The summed E-state index contributed by atoms with van der Waals surface area (Å²) in [7, 11) is 2.87. The molecule has 0 saturated carbocycles. The van der Waals surface area contributed by atoms with E-state index in [2.05, 4.69) is 5.32 Å². The van der Waals surface area contributed by atoms with E-state index >= 15 is 0 Å². The average Bonchev–Trinajstić information content (AvgIpc) is 3.07. The van der Waals surface area contributed by atoms with Gasteiger partial charge in [0.25, 0.3) is 11.8 Å². The summed E-state index contributed by atoms with van der Waals surface area (Å²) in [6.45, 7) is 0. The highest BCUT2D eigenvalue weighted by Crippen LogP contribution is 2.38. The van der Waals surface area contributed by atoms with Gasteiger partial charge in [0.1, 0.15) is 5.70 Å². The molecule has 0 fully saturated rings. The number of nitrogens with one attached hydrogen (secondary N) is 1. The Morgan fingerprint density at radius 1 is 0.794 bits per heavy atom. The van der Waals surface area contributed by atoms with Gasteiger partial charge in [-0.05, 0) is 35.9 Å². The maximum absolute atomic E-state index is 13.5. The Labute approximate surface area is 193 Å². The fraction of sp³-hybridized carbons (Fsp3) is 0.120. The van der Waals surface area contributed by atoms with Gasteiger partial charge in [0.05, 0.1) is 31.0 Å². The second-order valence-corrected chi connectivity index (χ2v) is 7.30. The molecular formula is C25H19F3N2O4. The Morgan fingerprint density at radius 3 is 2.15 bits per heavy atom. The Morgan fingerprint density at radius 2 is 1.50 bits per heavy atom. The highest BCUT2D eigenvalue weighted by atomic mass is 19.4. The number of alkyl halides is 3. The minimum absolute atomic E-state index is 0.0218. The number of benzene rings is 3. The van der Waals surface area contributed by atoms with Crippen molar-refractivity contribution in [3.63, 3.8) is 0 Å². The van der Waals surface area contributed by atoms with Crippen LogP contribution < -0.4 is 19.7 Å². The third-order valence-corrected chi connectivity index (χ3v) is 5.23. The van der Waals surface area contributed by atoms with Gasteiger partial charge in [-0.2, -0.15) is 13.2 Å². The van der Waals surface area contributed by atoms with Crippen LogP contribution in [0.5, 0.6) is 11.5 Å². The Bertz CT molecular complexity index is 1290. The van der Waals surface area contributed by atoms with Crippen molar-refractivity contribution in [1.82, 2.24) is 0 Å². The summed E-state index contributed by atoms with van der Waals surface area (Å²) in [5.74, 6) is -0.628. The molecule has 1 aliphatic rings. The van der Waals surface area contributed by atoms with Crippen molar-refractivity contribution in [2.75, 3.05) is 24.4 Å². The van der Waals surface area contributed by atoms with Crippen molar-refractivity contribution in [3.8, 4) is 11.5 Å². The lowest BCUT2D eigenvalue weighted by atomic mass is 10.0. The van der Waals surface area contributed by atoms with Gasteiger partial charge < -0.3 is 14.8 Å². The lowest BCUT2D eigenvalue weighted by Crippen LogP contribution is -2.32. The van der Waals surface area contributed by atoms with Crippen molar-refractivity contribution >= 4 is 28.8 Å². The molecule has 3 aromatic carbocycles. The number of carbonyl (C=O) groups is 2. The zero-order chi connectivity index (χ0) is 24.5. The molecule has 1 N–H and O–H groups in total. The molecule has 1 heterocycles. The van der Waals surface area contributed by atoms with Gasteiger partial charge in [-0.1, -0.05) is 36.4 Å². The SMILES string of the molecule is COc1ccc(N2C(=O)C(Nc3cccc(C(F)(F)F)c3)=C(c3ccccc3)C2=O)cc1OC. The van der Waals surface area contributed by atoms with E-state index in [1.807, 2.05) is 0 Å². The molecule has 4 rings (SSSR count). The van der Waals surface area contributed by atoms with Crippen LogP contribution in [0.15, 0.2) is 78.5 Å². The van der Waals surface area contributed by atoms with E-state index in [0.717, 1.165) is 17.0 Å². The number of amides is 2. The van der Waals surface area contributed by atoms with Gasteiger partial charge in [0.15, 0.2) is 11.5 Å². The average molecular weight is 468 g/mol. The van der Waals surface area contributed by atoms with Crippen LogP contribution in [0, 0.1) is 0 Å². The number of hydrogen-bond acceptors (Lipinski definition) is 5. The van der Waals surface area contributed by atoms with Crippen LogP contribution >= 0.6 is 0 Å². The molecular weight excluding hydrogens is 449 g/mol. The lowest BCUT2D eigenvalue weighted by Gasteiger charge is -2.17. The molecule has 34 heavy (non-hydrogen) atoms. The van der Waals surface area contributed by atoms with Gasteiger partial charge in [0, 0.05) is 11.8 Å². The molecule has 0 saturated heterocycles. The number of hydrogen-bond donors (Lipinski definition) is 1. The van der Waals surface area contributed by atoms with Crippen molar-refractivity contribution in [2.45, 2.75) is 6.18 Å². The summed E-state index contributed by atoms with van der Waals surface area (Å²) in [6, 6.07) is 17.4. The van der Waals surface area contributed by atoms with E-state index < -0.39 is 23.6 Å². The molecule has 0 aromatic heterocycles. The molecule has 0 aliphatic carbocycles. The van der Waals surface area contributed by atoms with Crippen molar-refractivity contribution < 1.29 is 32.2 Å². The summed E-state index contributed by atoms with van der Waals surface area (Å²) in [4.78, 5) is 27.8. The van der Waals surface area contributed by atoms with Crippen molar-refractivity contribution in [2.24, 2.45) is 0 Å². The lowest BCUT2D eigenvalue weighted by molar-refractivity contribution is -0.137. The first-order chi connectivity index (χ1) is 16.2. The van der Waals surface area contributed by atoms with Crippen LogP contribution in [-0.2, 0) is 15.8 Å². The maximum Gasteiger partial charge on any atom is 0.416 e. The minimum atomic E-state index is -4.56. The van der Waals surface area contributed by atoms with Crippen LogP contribution in [0.1, 0.15) is 11.1 Å². The highest BCUT2D eigenvalue weighted by Gasteiger charge is 2.41. The molecule has 3 aromatic rings. The van der Waals surface area contributed by atoms with E-state index in [-0.39, 0.29) is 22.6 Å². The fourth-order valence-electron chi connectivity index (χ4n) is 3.63. The predicted molar refractivity (Wildman–Crippen MR) is 120 cm³/mol. The van der Waals surface area contributed by atoms with E-state index in [9.17, 15) is 22.8 Å². The molecule has 1 aliphatic heterocycles. The van der Waals surface area contributed by atoms with Crippen molar-refractivity contribution in [1.29, 1.82) is 0 Å². The monoisotopic (exact) mass is 468 g/mol. The topological polar surface area (TPSA) is 67.9 Å². The van der Waals surface area contributed by atoms with Crippen LogP contribution in [0.4, 0.5) is 24.5 Å². The quantitative estimate of drug-likeness (QED) is 0.509. The molecule has 0 spiro atoms. The third-order valence-electron chi connectivity index (χ3n) is 5.23. The normalized spacial score (nSPS) is 14.0. The summed E-state index contributed by atoms with van der Waals surface area (Å²) < 4.78 is 50.0. The first-order valence-electron chi connectivity index (χ1n) is 10.1. The van der Waals surface area contributed by atoms with Gasteiger partial charge in [-0.3, -0.25) is 9.59 Å². The number of anilines is 2. The number of halogens is 3. The second-order valence-electron chi connectivity index (χ2n) is 7.30. The van der Waals surface area contributed by atoms with E-state index in [1.54, 1.807) is 36.4 Å². The largest absolute Gasteiger partial charge is 0.493 e. The third kappa shape index (κ3) is 4.19. The zero-order valence-electron chi connectivity index (χ0n) is 18.1. The standard InChI is InChI=1S/C25H19F3N2O4/c1-33-19-12-11-18(14-20(19)34-2)30-23(31)21(15-7-4-3-5-8-15)22(24(30)32)29-17-10-6-9-16(13-17)25(26,27)28/h3-14,29H,1-2H3. The fourth-order valence-corrected chi connectivity index (χ4v) is 3.63. The number of rotatable bonds is 6. The van der Waals surface area contributed by atoms with E-state index in [4.69, 9.17) is 9.47 Å². The van der Waals surface area contributed by atoms with E-state index in [1.165, 1.54) is 38.5 Å². The zero-order valence-corrected chi connectivity index (χ0v) is 18.1. The number of imide groups is 1. The van der Waals surface area contributed by atoms with Crippen LogP contribution in [0.25, 0.3) is 5.57 Å². The van der Waals surface area contributed by atoms with Gasteiger partial charge in [-0.15, -0.1) is 0 Å². The maximum atomic E-state index is 13.5. The number of methoxy groups -OCH3 is 2. The summed E-state index contributed by atoms with van der Waals surface area (Å²) in [5, 5.41) is 2.74. The van der Waals surface area contributed by atoms with Crippen LogP contribution in [0.3, 0.4) is 0 Å². The smallest absolute Gasteiger partial charge is 0.416 e. The minimum Gasteiger partial charge on any atom is -0.493 e. The van der Waals surface area contributed by atoms with Crippen LogP contribution in [-0.4, -0.2) is 26.0 Å². The second kappa shape index (κ2) is 8.93. The molecule has 2 amide bonds. The molecule has 0 unspecified atom stereocenters. The number of nitrogens with zero attached hydrogens (tertiary/aromatic N) is 1. The molecule has 0 bridgehead atoms. The number of ether oxygens (including phenoxy) is 2. The Hall–Kier alpha value is -4.27. The van der Waals surface area contributed by atoms with Crippen molar-refractivity contribution in [3.05, 3.63) is 89.6 Å². The Kier molecular flexibility index (Phi) is 6.02. The summed E-state index contributed by atoms with van der Waals surface area (Å²) >= 11 is 0. The summed E-state index contributed by atoms with van der Waals surface area (Å²) in [6.07, 6.45) is -4.56. The molecule has 0 radical (unpaired) electrons. The van der Waals surface area contributed by atoms with Gasteiger partial charge in [-0.25, -0.2) is 4.90 Å². The van der Waals surface area contributed by atoms with Crippen LogP contribution in [0.2, 0.25) is 0 Å². The first-order valence-corrected chi connectivity index (χ1v) is 10.1. The molecule has 174 valence electrons. The van der Waals surface area contributed by atoms with Gasteiger partial charge >= 0.3 is 6.18 Å². The van der Waals surface area contributed by atoms with E-state index in [0.29, 0.717) is 17.1 Å². The Balaban J connectivity index is 1.80. The summed E-state index contributed by atoms with van der Waals surface area (Å²) in [5.41, 5.74) is -0.287. The highest BCUT2D eigenvalue weighted by molar-refractivity contribution is 6.46. The molecule has 6 nitrogen and oxygen atoms in total. The first kappa shape index (κ1) is 22.9. The number of carbonyl (C=O) groups excluding carboxylic acids is 2. The predicted octanol–water partition coefficient (Wildman–Crippen LogP) is 5.12.